The van der Waals surface area contributed by atoms with Crippen LogP contribution in [-0.2, 0) is 18.6 Å². The lowest BCUT2D eigenvalue weighted by Crippen LogP contribution is -2.18. The molecule has 0 bridgehead atoms. The minimum absolute atomic E-state index is 0.0252. The molecule has 2 aromatic carbocycles. The Morgan fingerprint density at radius 3 is 2.62 bits per heavy atom. The van der Waals surface area contributed by atoms with Crippen LogP contribution in [0, 0.1) is 0 Å². The number of ether oxygens (including phenoxy) is 1. The first kappa shape index (κ1) is 17.9. The van der Waals surface area contributed by atoms with E-state index in [1.54, 1.807) is 10.6 Å². The van der Waals surface area contributed by atoms with E-state index in [2.05, 4.69) is 45.0 Å². The number of pyridine rings is 2. The Hall–Kier alpha value is -3.14. The lowest BCUT2D eigenvalue weighted by molar-refractivity contribution is 0.301. The minimum Gasteiger partial charge on any atom is -0.488 e. The standard InChI is InChI=1S/C25H24N2O2/c1-5-27-21-9-8-20-18(17(21)7-11-23(27)28)12-15-14-29-22-10-6-16(25(2,3)4)13-19(22)24(15)26-20/h6-13H,5,14H2,1-4H3. The molecule has 4 nitrogen and oxygen atoms in total. The molecule has 0 atom stereocenters. The molecule has 1 aliphatic rings. The van der Waals surface area contributed by atoms with Crippen LogP contribution in [0.3, 0.4) is 0 Å². The number of hydrogen-bond acceptors (Lipinski definition) is 3. The van der Waals surface area contributed by atoms with E-state index in [0.717, 1.165) is 44.4 Å². The van der Waals surface area contributed by atoms with Gasteiger partial charge in [0.25, 0.3) is 5.56 Å². The first-order chi connectivity index (χ1) is 13.9. The lowest BCUT2D eigenvalue weighted by atomic mass is 9.85. The second kappa shape index (κ2) is 6.18. The average molecular weight is 384 g/mol. The van der Waals surface area contributed by atoms with Crippen molar-refractivity contribution in [2.75, 3.05) is 0 Å². The second-order valence-corrected chi connectivity index (χ2v) is 8.73. The molecule has 3 heterocycles. The van der Waals surface area contributed by atoms with Gasteiger partial charge in [-0.25, -0.2) is 4.98 Å². The summed E-state index contributed by atoms with van der Waals surface area (Å²) in [6.07, 6.45) is 0. The summed E-state index contributed by atoms with van der Waals surface area (Å²) in [7, 11) is 0. The molecule has 146 valence electrons. The zero-order valence-corrected chi connectivity index (χ0v) is 17.2. The van der Waals surface area contributed by atoms with E-state index in [1.165, 1.54) is 5.56 Å². The molecule has 0 aliphatic carbocycles. The summed E-state index contributed by atoms with van der Waals surface area (Å²) >= 11 is 0. The van der Waals surface area contributed by atoms with Gasteiger partial charge in [0, 0.05) is 34.5 Å². The summed E-state index contributed by atoms with van der Waals surface area (Å²) in [5, 5.41) is 2.11. The Labute approximate surface area is 169 Å². The molecular formula is C25H24N2O2. The molecule has 5 rings (SSSR count). The number of fused-ring (bicyclic) bond motifs is 6. The summed E-state index contributed by atoms with van der Waals surface area (Å²) in [4.78, 5) is 17.3. The van der Waals surface area contributed by atoms with Gasteiger partial charge >= 0.3 is 0 Å². The van der Waals surface area contributed by atoms with E-state index in [0.29, 0.717) is 13.2 Å². The van der Waals surface area contributed by atoms with Gasteiger partial charge in [0.05, 0.1) is 16.7 Å². The van der Waals surface area contributed by atoms with Crippen LogP contribution in [0.4, 0.5) is 0 Å². The van der Waals surface area contributed by atoms with Crippen LogP contribution in [0.5, 0.6) is 5.75 Å². The molecular weight excluding hydrogens is 360 g/mol. The van der Waals surface area contributed by atoms with E-state index >= 15 is 0 Å². The maximum absolute atomic E-state index is 12.2. The fourth-order valence-electron chi connectivity index (χ4n) is 4.20. The van der Waals surface area contributed by atoms with Crippen molar-refractivity contribution in [3.05, 3.63) is 70.0 Å². The molecule has 0 saturated heterocycles. The van der Waals surface area contributed by atoms with E-state index in [1.807, 2.05) is 25.1 Å². The number of aromatic nitrogens is 2. The SMILES string of the molecule is CCn1c(=O)ccc2c3cc4c(nc3ccc21)-c1cc(C(C)(C)C)ccc1OC4. The average Bonchev–Trinajstić information content (AvgIpc) is 2.71. The summed E-state index contributed by atoms with van der Waals surface area (Å²) in [6.45, 7) is 9.79. The monoisotopic (exact) mass is 384 g/mol. The number of benzene rings is 2. The van der Waals surface area contributed by atoms with E-state index < -0.39 is 0 Å². The fourth-order valence-corrected chi connectivity index (χ4v) is 4.20. The molecule has 0 amide bonds. The predicted molar refractivity (Wildman–Crippen MR) is 118 cm³/mol. The van der Waals surface area contributed by atoms with Crippen molar-refractivity contribution in [1.82, 2.24) is 9.55 Å². The van der Waals surface area contributed by atoms with Crippen molar-refractivity contribution in [3.8, 4) is 17.0 Å². The molecule has 0 spiro atoms. The third kappa shape index (κ3) is 2.74. The van der Waals surface area contributed by atoms with Gasteiger partial charge < -0.3 is 9.30 Å². The number of rotatable bonds is 1. The molecule has 4 aromatic rings. The molecule has 29 heavy (non-hydrogen) atoms. The van der Waals surface area contributed by atoms with Crippen molar-refractivity contribution in [3.63, 3.8) is 0 Å². The quantitative estimate of drug-likeness (QED) is 0.411. The first-order valence-electron chi connectivity index (χ1n) is 10.1. The van der Waals surface area contributed by atoms with Crippen molar-refractivity contribution >= 4 is 21.8 Å². The molecule has 0 N–H and O–H groups in total. The Morgan fingerprint density at radius 2 is 1.86 bits per heavy atom. The van der Waals surface area contributed by atoms with Crippen LogP contribution < -0.4 is 10.3 Å². The maximum atomic E-state index is 12.2. The van der Waals surface area contributed by atoms with Gasteiger partial charge in [-0.15, -0.1) is 0 Å². The molecule has 2 aromatic heterocycles. The van der Waals surface area contributed by atoms with Crippen LogP contribution >= 0.6 is 0 Å². The second-order valence-electron chi connectivity index (χ2n) is 8.73. The predicted octanol–water partition coefficient (Wildman–Crippen LogP) is 5.43. The Balaban J connectivity index is 1.79. The summed E-state index contributed by atoms with van der Waals surface area (Å²) < 4.78 is 7.85. The van der Waals surface area contributed by atoms with Gasteiger partial charge in [-0.1, -0.05) is 26.8 Å². The normalized spacial score (nSPS) is 13.2. The van der Waals surface area contributed by atoms with E-state index in [-0.39, 0.29) is 11.0 Å². The van der Waals surface area contributed by atoms with Crippen LogP contribution in [0.2, 0.25) is 0 Å². The van der Waals surface area contributed by atoms with Gasteiger partial charge in [0.15, 0.2) is 0 Å². The Kier molecular flexibility index (Phi) is 3.82. The molecule has 0 radical (unpaired) electrons. The van der Waals surface area contributed by atoms with E-state index in [4.69, 9.17) is 9.72 Å². The summed E-state index contributed by atoms with van der Waals surface area (Å²) in [5.41, 5.74) is 6.36. The van der Waals surface area contributed by atoms with Gasteiger partial charge in [0.2, 0.25) is 0 Å². The third-order valence-electron chi connectivity index (χ3n) is 5.85. The zero-order valence-electron chi connectivity index (χ0n) is 17.2. The van der Waals surface area contributed by atoms with Crippen LogP contribution in [-0.4, -0.2) is 9.55 Å². The van der Waals surface area contributed by atoms with Gasteiger partial charge in [-0.05, 0) is 54.3 Å². The van der Waals surface area contributed by atoms with Crippen molar-refractivity contribution in [2.45, 2.75) is 46.3 Å². The highest BCUT2D eigenvalue weighted by Gasteiger charge is 2.23. The van der Waals surface area contributed by atoms with Crippen LogP contribution in [0.15, 0.2) is 53.3 Å². The zero-order chi connectivity index (χ0) is 20.3. The highest BCUT2D eigenvalue weighted by atomic mass is 16.5. The van der Waals surface area contributed by atoms with Crippen molar-refractivity contribution in [2.24, 2.45) is 0 Å². The Morgan fingerprint density at radius 1 is 1.03 bits per heavy atom. The smallest absolute Gasteiger partial charge is 0.251 e. The topological polar surface area (TPSA) is 44.1 Å². The summed E-state index contributed by atoms with van der Waals surface area (Å²) in [6, 6.07) is 16.2. The Bertz CT molecular complexity index is 1340. The first-order valence-corrected chi connectivity index (χ1v) is 10.1. The van der Waals surface area contributed by atoms with Gasteiger partial charge in [0.1, 0.15) is 12.4 Å². The molecule has 1 aliphatic heterocycles. The van der Waals surface area contributed by atoms with Gasteiger partial charge in [-0.2, -0.15) is 0 Å². The minimum atomic E-state index is 0.0252. The van der Waals surface area contributed by atoms with Gasteiger partial charge in [-0.3, -0.25) is 4.79 Å². The number of aryl methyl sites for hydroxylation is 1. The molecule has 0 unspecified atom stereocenters. The van der Waals surface area contributed by atoms with Crippen molar-refractivity contribution < 1.29 is 4.74 Å². The van der Waals surface area contributed by atoms with Crippen LogP contribution in [0.1, 0.15) is 38.8 Å². The molecule has 0 fully saturated rings. The summed E-state index contributed by atoms with van der Waals surface area (Å²) in [5.74, 6) is 0.887. The highest BCUT2D eigenvalue weighted by Crippen LogP contribution is 2.40. The van der Waals surface area contributed by atoms with E-state index in [9.17, 15) is 4.79 Å². The fraction of sp³-hybridized carbons (Fsp3) is 0.280. The largest absolute Gasteiger partial charge is 0.488 e. The lowest BCUT2D eigenvalue weighted by Gasteiger charge is -2.25. The number of nitrogens with zero attached hydrogens (tertiary/aromatic N) is 2. The highest BCUT2D eigenvalue weighted by molar-refractivity contribution is 6.06. The third-order valence-corrected chi connectivity index (χ3v) is 5.85. The van der Waals surface area contributed by atoms with Crippen LogP contribution in [0.25, 0.3) is 33.1 Å². The molecule has 0 saturated carbocycles. The number of hydrogen-bond donors (Lipinski definition) is 0. The van der Waals surface area contributed by atoms with Crippen molar-refractivity contribution in [1.29, 1.82) is 0 Å². The molecule has 4 heteroatoms. The maximum Gasteiger partial charge on any atom is 0.251 e.